The van der Waals surface area contributed by atoms with Crippen molar-refractivity contribution in [1.29, 1.82) is 0 Å². The minimum absolute atomic E-state index is 0.0867. The number of carbonyl (C=O) groups excluding carboxylic acids is 1. The summed E-state index contributed by atoms with van der Waals surface area (Å²) in [5, 5.41) is 3.00. The summed E-state index contributed by atoms with van der Waals surface area (Å²) in [6.45, 7) is 3.69. The molecule has 1 amide bonds. The Balaban J connectivity index is 1.55. The highest BCUT2D eigenvalue weighted by atomic mass is 32.1. The van der Waals surface area contributed by atoms with Crippen molar-refractivity contribution >= 4 is 17.2 Å². The van der Waals surface area contributed by atoms with Gasteiger partial charge in [-0.3, -0.25) is 9.69 Å². The number of thiophene rings is 1. The van der Waals surface area contributed by atoms with E-state index in [-0.39, 0.29) is 5.91 Å². The van der Waals surface area contributed by atoms with Crippen LogP contribution in [0.15, 0.2) is 6.07 Å². The van der Waals surface area contributed by atoms with Crippen LogP contribution in [0.25, 0.3) is 0 Å². The van der Waals surface area contributed by atoms with E-state index in [2.05, 4.69) is 21.2 Å². The van der Waals surface area contributed by atoms with Gasteiger partial charge in [0, 0.05) is 37.1 Å². The van der Waals surface area contributed by atoms with Gasteiger partial charge in [-0.25, -0.2) is 0 Å². The highest BCUT2D eigenvalue weighted by molar-refractivity contribution is 7.14. The van der Waals surface area contributed by atoms with E-state index in [9.17, 15) is 4.79 Å². The molecule has 0 unspecified atom stereocenters. The largest absolute Gasteiger partial charge is 0.350 e. The molecule has 2 aliphatic rings. The van der Waals surface area contributed by atoms with Crippen molar-refractivity contribution in [3.05, 3.63) is 21.4 Å². The van der Waals surface area contributed by atoms with E-state index in [4.69, 9.17) is 0 Å². The van der Waals surface area contributed by atoms with Crippen LogP contribution in [-0.2, 0) is 13.1 Å². The molecule has 116 valence electrons. The van der Waals surface area contributed by atoms with Crippen molar-refractivity contribution in [2.24, 2.45) is 0 Å². The van der Waals surface area contributed by atoms with Crippen molar-refractivity contribution in [3.8, 4) is 0 Å². The van der Waals surface area contributed by atoms with E-state index in [0.717, 1.165) is 30.6 Å². The third-order valence-electron chi connectivity index (χ3n) is 4.53. The number of hydrogen-bond acceptors (Lipinski definition) is 4. The first kappa shape index (κ1) is 15.0. The predicted molar refractivity (Wildman–Crippen MR) is 86.7 cm³/mol. The molecule has 1 saturated carbocycles. The highest BCUT2D eigenvalue weighted by Crippen LogP contribution is 2.35. The quantitative estimate of drug-likeness (QED) is 0.906. The number of rotatable bonds is 5. The fourth-order valence-corrected chi connectivity index (χ4v) is 4.43. The summed E-state index contributed by atoms with van der Waals surface area (Å²) in [4.78, 5) is 19.1. The van der Waals surface area contributed by atoms with E-state index < -0.39 is 0 Å². The van der Waals surface area contributed by atoms with E-state index in [1.54, 1.807) is 11.3 Å². The second-order valence-electron chi connectivity index (χ2n) is 6.46. The lowest BCUT2D eigenvalue weighted by atomic mass is 10.2. The van der Waals surface area contributed by atoms with Gasteiger partial charge in [-0.1, -0.05) is 12.8 Å². The molecule has 5 heteroatoms. The second kappa shape index (κ2) is 6.46. The molecule has 3 rings (SSSR count). The average molecular weight is 307 g/mol. The van der Waals surface area contributed by atoms with Crippen LogP contribution in [-0.4, -0.2) is 48.9 Å². The van der Waals surface area contributed by atoms with Gasteiger partial charge in [0.2, 0.25) is 0 Å². The molecule has 1 aromatic heterocycles. The van der Waals surface area contributed by atoms with Crippen molar-refractivity contribution in [2.75, 3.05) is 27.2 Å². The van der Waals surface area contributed by atoms with Gasteiger partial charge in [0.1, 0.15) is 0 Å². The summed E-state index contributed by atoms with van der Waals surface area (Å²) < 4.78 is 0. The van der Waals surface area contributed by atoms with E-state index >= 15 is 0 Å². The molecule has 0 radical (unpaired) electrons. The molecule has 1 N–H and O–H groups in total. The van der Waals surface area contributed by atoms with Crippen molar-refractivity contribution in [2.45, 2.75) is 44.8 Å². The molecule has 21 heavy (non-hydrogen) atoms. The fourth-order valence-electron chi connectivity index (χ4n) is 3.31. The Morgan fingerprint density at radius 1 is 1.38 bits per heavy atom. The zero-order valence-electron chi connectivity index (χ0n) is 13.0. The number of fused-ring (bicyclic) bond motifs is 1. The Hall–Kier alpha value is -0.910. The maximum atomic E-state index is 12.1. The van der Waals surface area contributed by atoms with Crippen LogP contribution in [0.1, 0.15) is 45.8 Å². The molecule has 0 atom stereocenters. The van der Waals surface area contributed by atoms with Gasteiger partial charge in [-0.2, -0.15) is 0 Å². The number of nitrogens with zero attached hydrogens (tertiary/aromatic N) is 2. The summed E-state index contributed by atoms with van der Waals surface area (Å²) in [7, 11) is 4.03. The Bertz CT molecular complexity index is 482. The van der Waals surface area contributed by atoms with Crippen LogP contribution in [0.5, 0.6) is 0 Å². The van der Waals surface area contributed by atoms with Gasteiger partial charge in [-0.05, 0) is 38.6 Å². The molecule has 1 fully saturated rings. The number of nitrogens with one attached hydrogen (secondary N) is 1. The number of hydrogen-bond donors (Lipinski definition) is 1. The Morgan fingerprint density at radius 2 is 2.14 bits per heavy atom. The molecule has 2 heterocycles. The Labute approximate surface area is 131 Å². The first-order chi connectivity index (χ1) is 10.1. The summed E-state index contributed by atoms with van der Waals surface area (Å²) in [6, 6.07) is 2.89. The summed E-state index contributed by atoms with van der Waals surface area (Å²) in [5.41, 5.74) is 1.38. The molecule has 0 saturated heterocycles. The first-order valence-electron chi connectivity index (χ1n) is 7.92. The van der Waals surface area contributed by atoms with Crippen LogP contribution in [0.2, 0.25) is 0 Å². The average Bonchev–Trinajstić information content (AvgIpc) is 3.12. The van der Waals surface area contributed by atoms with Gasteiger partial charge in [0.05, 0.1) is 4.88 Å². The zero-order valence-corrected chi connectivity index (χ0v) is 13.8. The molecule has 1 aliphatic heterocycles. The molecule has 0 aromatic carbocycles. The van der Waals surface area contributed by atoms with Crippen LogP contribution < -0.4 is 5.32 Å². The third-order valence-corrected chi connectivity index (χ3v) is 5.69. The predicted octanol–water partition coefficient (Wildman–Crippen LogP) is 2.30. The lowest BCUT2D eigenvalue weighted by Gasteiger charge is -2.22. The Kier molecular flexibility index (Phi) is 4.62. The van der Waals surface area contributed by atoms with Gasteiger partial charge in [0.25, 0.3) is 5.91 Å². The SMILES string of the molecule is CN(C)CCNC(=O)c1cc2c(s1)CN(C1CCCC1)C2. The molecule has 0 spiro atoms. The number of carbonyl (C=O) groups is 1. The van der Waals surface area contributed by atoms with Gasteiger partial charge >= 0.3 is 0 Å². The summed E-state index contributed by atoms with van der Waals surface area (Å²) in [5.74, 6) is 0.0867. The van der Waals surface area contributed by atoms with Crippen molar-refractivity contribution in [3.63, 3.8) is 0 Å². The maximum Gasteiger partial charge on any atom is 0.261 e. The lowest BCUT2D eigenvalue weighted by molar-refractivity contribution is 0.0955. The van der Waals surface area contributed by atoms with Crippen molar-refractivity contribution < 1.29 is 4.79 Å². The minimum atomic E-state index is 0.0867. The van der Waals surface area contributed by atoms with Crippen LogP contribution in [0.3, 0.4) is 0 Å². The monoisotopic (exact) mass is 307 g/mol. The topological polar surface area (TPSA) is 35.6 Å². The van der Waals surface area contributed by atoms with Gasteiger partial charge < -0.3 is 10.2 Å². The van der Waals surface area contributed by atoms with E-state index in [1.807, 2.05) is 14.1 Å². The maximum absolute atomic E-state index is 12.1. The number of likely N-dealkylation sites (N-methyl/N-ethyl adjacent to an activating group) is 1. The van der Waals surface area contributed by atoms with Gasteiger partial charge in [-0.15, -0.1) is 11.3 Å². The second-order valence-corrected chi connectivity index (χ2v) is 7.60. The summed E-state index contributed by atoms with van der Waals surface area (Å²) in [6.07, 6.45) is 5.47. The van der Waals surface area contributed by atoms with E-state index in [0.29, 0.717) is 6.54 Å². The molecule has 4 nitrogen and oxygen atoms in total. The molecule has 0 bridgehead atoms. The van der Waals surface area contributed by atoms with Crippen LogP contribution in [0.4, 0.5) is 0 Å². The zero-order chi connectivity index (χ0) is 14.8. The molecule has 1 aliphatic carbocycles. The minimum Gasteiger partial charge on any atom is -0.350 e. The Morgan fingerprint density at radius 3 is 2.81 bits per heavy atom. The third kappa shape index (κ3) is 3.47. The highest BCUT2D eigenvalue weighted by Gasteiger charge is 2.30. The fraction of sp³-hybridized carbons (Fsp3) is 0.688. The number of amides is 1. The molecular formula is C16H25N3OS. The standard InChI is InChI=1S/C16H25N3OS/c1-18(2)8-7-17-16(20)14-9-12-10-19(11-15(12)21-14)13-5-3-4-6-13/h9,13H,3-8,10-11H2,1-2H3,(H,17,20). The van der Waals surface area contributed by atoms with Crippen LogP contribution >= 0.6 is 11.3 Å². The molecule has 1 aromatic rings. The van der Waals surface area contributed by atoms with Gasteiger partial charge in [0.15, 0.2) is 0 Å². The smallest absolute Gasteiger partial charge is 0.261 e. The lowest BCUT2D eigenvalue weighted by Crippen LogP contribution is -2.31. The van der Waals surface area contributed by atoms with Crippen molar-refractivity contribution in [1.82, 2.24) is 15.1 Å². The van der Waals surface area contributed by atoms with Crippen LogP contribution in [0, 0.1) is 0 Å². The summed E-state index contributed by atoms with van der Waals surface area (Å²) >= 11 is 1.68. The molecular weight excluding hydrogens is 282 g/mol. The normalized spacial score (nSPS) is 19.4. The first-order valence-corrected chi connectivity index (χ1v) is 8.73. The van der Waals surface area contributed by atoms with E-state index in [1.165, 1.54) is 36.1 Å².